The maximum absolute atomic E-state index is 11.7. The number of imidazole rings is 2. The van der Waals surface area contributed by atoms with Crippen LogP contribution in [0.25, 0.3) is 11.0 Å². The quantitative estimate of drug-likeness (QED) is 0.168. The van der Waals surface area contributed by atoms with E-state index in [1.54, 1.807) is 36.4 Å². The fourth-order valence-corrected chi connectivity index (χ4v) is 6.04. The van der Waals surface area contributed by atoms with Crippen LogP contribution in [0.5, 0.6) is 11.5 Å². The van der Waals surface area contributed by atoms with Gasteiger partial charge in [0.05, 0.1) is 46.7 Å². The number of likely N-dealkylation sites (tertiary alicyclic amines) is 1. The Morgan fingerprint density at radius 3 is 2.61 bits per heavy atom. The summed E-state index contributed by atoms with van der Waals surface area (Å²) in [6, 6.07) is 18.2. The molecule has 0 saturated carbocycles. The highest BCUT2D eigenvalue weighted by atomic mass is 35.5. The highest BCUT2D eigenvalue weighted by Gasteiger charge is 2.24. The van der Waals surface area contributed by atoms with Crippen LogP contribution in [-0.4, -0.2) is 54.3 Å². The minimum absolute atomic E-state index is 0.0716. The molecule has 0 spiro atoms. The predicted molar refractivity (Wildman–Crippen MR) is 170 cm³/mol. The largest absolute Gasteiger partial charge is 0.490 e. The number of nitrogens with zero attached hydrogens (tertiary/aromatic N) is 5. The van der Waals surface area contributed by atoms with Crippen molar-refractivity contribution in [3.8, 4) is 11.5 Å². The van der Waals surface area contributed by atoms with Crippen molar-refractivity contribution in [1.29, 1.82) is 0 Å². The number of fused-ring (bicyclic) bond motifs is 1. The normalized spacial score (nSPS) is 14.2. The Hall–Kier alpha value is -4.05. The number of benzene rings is 3. The van der Waals surface area contributed by atoms with Gasteiger partial charge in [0.25, 0.3) is 0 Å². The van der Waals surface area contributed by atoms with Gasteiger partial charge >= 0.3 is 5.97 Å². The number of rotatable bonds is 11. The molecule has 11 heteroatoms. The van der Waals surface area contributed by atoms with Gasteiger partial charge in [-0.05, 0) is 62.2 Å². The van der Waals surface area contributed by atoms with Crippen LogP contribution in [0.15, 0.2) is 73.2 Å². The minimum Gasteiger partial charge on any atom is -0.490 e. The van der Waals surface area contributed by atoms with Gasteiger partial charge < -0.3 is 23.7 Å². The first-order valence-corrected chi connectivity index (χ1v) is 15.4. The Labute approximate surface area is 265 Å². The first-order valence-electron chi connectivity index (χ1n) is 14.6. The SMILES string of the molecule is CCn1cncc1Cn1c(CN2CCC(Oc3ccccc3COc3ccc(Cl)cc3Cl)CC2)nc2ccc(C(=O)O)cc21. The molecule has 1 fully saturated rings. The molecule has 2 aromatic heterocycles. The van der Waals surface area contributed by atoms with Crippen LogP contribution in [-0.2, 0) is 26.2 Å². The van der Waals surface area contributed by atoms with Crippen LogP contribution in [0, 0.1) is 0 Å². The number of hydrogen-bond acceptors (Lipinski definition) is 6. The van der Waals surface area contributed by atoms with E-state index in [0.717, 1.165) is 66.3 Å². The molecule has 44 heavy (non-hydrogen) atoms. The van der Waals surface area contributed by atoms with Crippen molar-refractivity contribution in [2.75, 3.05) is 13.1 Å². The molecule has 1 saturated heterocycles. The number of para-hydroxylation sites is 1. The van der Waals surface area contributed by atoms with Gasteiger partial charge in [0, 0.05) is 36.4 Å². The third-order valence-electron chi connectivity index (χ3n) is 7.98. The zero-order valence-corrected chi connectivity index (χ0v) is 25.8. The molecule has 0 atom stereocenters. The second-order valence-corrected chi connectivity index (χ2v) is 11.7. The fraction of sp³-hybridized carbons (Fsp3) is 0.303. The van der Waals surface area contributed by atoms with Crippen molar-refractivity contribution < 1.29 is 19.4 Å². The molecule has 228 valence electrons. The first kappa shape index (κ1) is 30.0. The van der Waals surface area contributed by atoms with E-state index in [4.69, 9.17) is 37.7 Å². The molecule has 0 radical (unpaired) electrons. The van der Waals surface area contributed by atoms with Gasteiger partial charge in [-0.1, -0.05) is 41.4 Å². The van der Waals surface area contributed by atoms with Gasteiger partial charge in [0.1, 0.15) is 30.0 Å². The molecule has 9 nitrogen and oxygen atoms in total. The van der Waals surface area contributed by atoms with E-state index in [1.165, 1.54) is 0 Å². The van der Waals surface area contributed by atoms with E-state index in [-0.39, 0.29) is 11.7 Å². The number of halogens is 2. The predicted octanol–water partition coefficient (Wildman–Crippen LogP) is 6.93. The lowest BCUT2D eigenvalue weighted by Gasteiger charge is -2.32. The number of carboxylic acids is 1. The summed E-state index contributed by atoms with van der Waals surface area (Å²) in [5.41, 5.74) is 3.82. The topological polar surface area (TPSA) is 94.6 Å². The Kier molecular flexibility index (Phi) is 9.07. The van der Waals surface area contributed by atoms with Crippen molar-refractivity contribution >= 4 is 40.2 Å². The highest BCUT2D eigenvalue weighted by Crippen LogP contribution is 2.30. The standard InChI is InChI=1S/C33H33Cl2N5O4/c1-2-39-21-36-17-25(39)18-40-29-15-22(33(41)42)7-9-28(29)37-32(40)19-38-13-11-26(12-14-38)44-30-6-4-3-5-23(30)20-43-31-10-8-24(34)16-27(31)35/h3-10,15-17,21,26H,2,11-14,18-20H2,1H3,(H,41,42). The van der Waals surface area contributed by atoms with Crippen molar-refractivity contribution in [2.45, 2.75) is 52.1 Å². The number of aryl methyl sites for hydroxylation is 1. The monoisotopic (exact) mass is 633 g/mol. The summed E-state index contributed by atoms with van der Waals surface area (Å²) in [4.78, 5) is 23.4. The van der Waals surface area contributed by atoms with E-state index < -0.39 is 5.97 Å². The van der Waals surface area contributed by atoms with Crippen molar-refractivity contribution in [2.24, 2.45) is 0 Å². The van der Waals surface area contributed by atoms with Crippen LogP contribution in [0.3, 0.4) is 0 Å². The maximum Gasteiger partial charge on any atom is 0.335 e. The molecule has 3 heterocycles. The van der Waals surface area contributed by atoms with Gasteiger partial charge in [-0.15, -0.1) is 0 Å². The number of carboxylic acid groups (broad SMARTS) is 1. The van der Waals surface area contributed by atoms with Gasteiger partial charge in [-0.3, -0.25) is 4.90 Å². The number of hydrogen-bond donors (Lipinski definition) is 1. The molecule has 1 aliphatic rings. The van der Waals surface area contributed by atoms with Crippen LogP contribution in [0.2, 0.25) is 10.0 Å². The smallest absolute Gasteiger partial charge is 0.335 e. The zero-order valence-electron chi connectivity index (χ0n) is 24.3. The highest BCUT2D eigenvalue weighted by molar-refractivity contribution is 6.35. The summed E-state index contributed by atoms with van der Waals surface area (Å²) in [7, 11) is 0. The van der Waals surface area contributed by atoms with Gasteiger partial charge in [0.15, 0.2) is 0 Å². The van der Waals surface area contributed by atoms with Crippen molar-refractivity contribution in [3.63, 3.8) is 0 Å². The van der Waals surface area contributed by atoms with E-state index >= 15 is 0 Å². The van der Waals surface area contributed by atoms with E-state index in [9.17, 15) is 9.90 Å². The zero-order chi connectivity index (χ0) is 30.6. The lowest BCUT2D eigenvalue weighted by molar-refractivity contribution is 0.0697. The Balaban J connectivity index is 1.13. The number of carbonyl (C=O) groups is 1. The summed E-state index contributed by atoms with van der Waals surface area (Å²) in [6.45, 7) is 6.11. The van der Waals surface area contributed by atoms with Gasteiger partial charge in [0.2, 0.25) is 0 Å². The first-order chi connectivity index (χ1) is 21.4. The number of aromatic carboxylic acids is 1. The molecule has 3 aromatic carbocycles. The second kappa shape index (κ2) is 13.3. The molecule has 0 unspecified atom stereocenters. The molecular weight excluding hydrogens is 601 g/mol. The van der Waals surface area contributed by atoms with Crippen LogP contribution in [0.4, 0.5) is 0 Å². The molecular formula is C33H33Cl2N5O4. The summed E-state index contributed by atoms with van der Waals surface area (Å²) >= 11 is 12.3. The second-order valence-electron chi connectivity index (χ2n) is 10.9. The third-order valence-corrected chi connectivity index (χ3v) is 8.51. The summed E-state index contributed by atoms with van der Waals surface area (Å²) < 4.78 is 16.7. The lowest BCUT2D eigenvalue weighted by Crippen LogP contribution is -2.38. The molecule has 0 aliphatic carbocycles. The molecule has 0 bridgehead atoms. The molecule has 5 aromatic rings. The minimum atomic E-state index is -0.955. The van der Waals surface area contributed by atoms with E-state index in [2.05, 4.69) is 25.9 Å². The average molecular weight is 635 g/mol. The number of piperidine rings is 1. The average Bonchev–Trinajstić information content (AvgIpc) is 3.62. The molecule has 1 aliphatic heterocycles. The molecule has 0 amide bonds. The van der Waals surface area contributed by atoms with E-state index in [1.807, 2.05) is 36.8 Å². The fourth-order valence-electron chi connectivity index (χ4n) is 5.58. The number of aromatic nitrogens is 4. The van der Waals surface area contributed by atoms with Gasteiger partial charge in [-0.2, -0.15) is 0 Å². The maximum atomic E-state index is 11.7. The molecule has 6 rings (SSSR count). The summed E-state index contributed by atoms with van der Waals surface area (Å²) in [5.74, 6) is 1.32. The van der Waals surface area contributed by atoms with Crippen LogP contribution < -0.4 is 9.47 Å². The number of ether oxygens (including phenoxy) is 2. The Morgan fingerprint density at radius 2 is 1.84 bits per heavy atom. The Morgan fingerprint density at radius 1 is 1.02 bits per heavy atom. The van der Waals surface area contributed by atoms with Crippen LogP contribution in [0.1, 0.15) is 47.2 Å². The summed E-state index contributed by atoms with van der Waals surface area (Å²) in [5, 5.41) is 10.6. The van der Waals surface area contributed by atoms with Crippen molar-refractivity contribution in [3.05, 3.63) is 106 Å². The molecule has 1 N–H and O–H groups in total. The van der Waals surface area contributed by atoms with Crippen LogP contribution >= 0.6 is 23.2 Å². The van der Waals surface area contributed by atoms with E-state index in [0.29, 0.717) is 35.5 Å². The Bertz CT molecular complexity index is 1780. The van der Waals surface area contributed by atoms with Crippen molar-refractivity contribution in [1.82, 2.24) is 24.0 Å². The summed E-state index contributed by atoms with van der Waals surface area (Å²) in [6.07, 6.45) is 5.48. The third kappa shape index (κ3) is 6.70. The lowest BCUT2D eigenvalue weighted by atomic mass is 10.1. The van der Waals surface area contributed by atoms with Gasteiger partial charge in [-0.25, -0.2) is 14.8 Å².